The second kappa shape index (κ2) is 7.52. The van der Waals surface area contributed by atoms with Gasteiger partial charge >= 0.3 is 0 Å². The molecule has 0 radical (unpaired) electrons. The fourth-order valence-electron chi connectivity index (χ4n) is 3.70. The van der Waals surface area contributed by atoms with E-state index in [4.69, 9.17) is 9.40 Å². The normalized spacial score (nSPS) is 16.0. The highest BCUT2D eigenvalue weighted by Crippen LogP contribution is 2.27. The average Bonchev–Trinajstić information content (AvgIpc) is 3.38. The van der Waals surface area contributed by atoms with Crippen LogP contribution in [0.15, 0.2) is 35.0 Å². The summed E-state index contributed by atoms with van der Waals surface area (Å²) in [5.74, 6) is 3.41. The summed E-state index contributed by atoms with van der Waals surface area (Å²) in [4.78, 5) is 11.5. The van der Waals surface area contributed by atoms with Crippen LogP contribution in [0.3, 0.4) is 0 Å². The first-order valence-electron chi connectivity index (χ1n) is 9.50. The van der Waals surface area contributed by atoms with Gasteiger partial charge in [0.15, 0.2) is 5.82 Å². The third-order valence-corrected chi connectivity index (χ3v) is 5.00. The van der Waals surface area contributed by atoms with E-state index in [2.05, 4.69) is 26.4 Å². The number of hydrogen-bond acceptors (Lipinski definition) is 6. The van der Waals surface area contributed by atoms with Crippen LogP contribution in [0.25, 0.3) is 5.82 Å². The lowest BCUT2D eigenvalue weighted by Gasteiger charge is -2.26. The Morgan fingerprint density at radius 2 is 1.96 bits per heavy atom. The Kier molecular flexibility index (Phi) is 4.94. The maximum Gasteiger partial charge on any atom is 0.174 e. The summed E-state index contributed by atoms with van der Waals surface area (Å²) in [6, 6.07) is 6.34. The van der Waals surface area contributed by atoms with Gasteiger partial charge in [-0.15, -0.1) is 0 Å². The zero-order chi connectivity index (χ0) is 18.8. The molecule has 1 atom stereocenters. The summed E-state index contributed by atoms with van der Waals surface area (Å²) in [6.45, 7) is 8.91. The summed E-state index contributed by atoms with van der Waals surface area (Å²) in [6.07, 6.45) is 5.97. The highest BCUT2D eigenvalue weighted by Gasteiger charge is 2.26. The molecule has 0 aromatic carbocycles. The molecular formula is C20H26N6O. The number of furan rings is 1. The quantitative estimate of drug-likeness (QED) is 0.721. The molecule has 3 aromatic heterocycles. The highest BCUT2D eigenvalue weighted by atomic mass is 16.3. The van der Waals surface area contributed by atoms with Gasteiger partial charge in [-0.1, -0.05) is 0 Å². The molecule has 1 aliphatic rings. The lowest BCUT2D eigenvalue weighted by Crippen LogP contribution is -2.31. The molecule has 0 aliphatic carbocycles. The molecule has 3 aromatic rings. The fourth-order valence-corrected chi connectivity index (χ4v) is 3.70. The van der Waals surface area contributed by atoms with E-state index in [0.29, 0.717) is 0 Å². The molecule has 1 aliphatic heterocycles. The Balaban J connectivity index is 1.52. The molecule has 27 heavy (non-hydrogen) atoms. The van der Waals surface area contributed by atoms with Gasteiger partial charge in [-0.05, 0) is 64.9 Å². The minimum absolute atomic E-state index is 0.195. The van der Waals surface area contributed by atoms with Crippen molar-refractivity contribution in [1.82, 2.24) is 24.6 Å². The summed E-state index contributed by atoms with van der Waals surface area (Å²) < 4.78 is 7.75. The van der Waals surface area contributed by atoms with Crippen molar-refractivity contribution in [2.45, 2.75) is 39.7 Å². The van der Waals surface area contributed by atoms with E-state index in [9.17, 15) is 0 Å². The number of rotatable bonds is 6. The van der Waals surface area contributed by atoms with Crippen LogP contribution in [0.1, 0.15) is 41.8 Å². The van der Waals surface area contributed by atoms with Gasteiger partial charge in [0.2, 0.25) is 0 Å². The molecule has 4 heterocycles. The Morgan fingerprint density at radius 1 is 1.15 bits per heavy atom. The van der Waals surface area contributed by atoms with Gasteiger partial charge in [0.1, 0.15) is 17.3 Å². The third-order valence-electron chi connectivity index (χ3n) is 5.00. The number of anilines is 1. The van der Waals surface area contributed by atoms with Crippen LogP contribution in [-0.4, -0.2) is 44.3 Å². The molecule has 1 fully saturated rings. The highest BCUT2D eigenvalue weighted by molar-refractivity contribution is 5.37. The SMILES string of the molecule is Cc1cc(C)n(-c2cncc(NCC(c3ccc(C)o3)N3CCCC3)n2)n1. The Morgan fingerprint density at radius 3 is 2.63 bits per heavy atom. The van der Waals surface area contributed by atoms with Crippen molar-refractivity contribution in [3.05, 3.63) is 53.5 Å². The average molecular weight is 366 g/mol. The monoisotopic (exact) mass is 366 g/mol. The fraction of sp³-hybridized carbons (Fsp3) is 0.450. The van der Waals surface area contributed by atoms with Crippen LogP contribution in [0.2, 0.25) is 0 Å². The summed E-state index contributed by atoms with van der Waals surface area (Å²) >= 11 is 0. The minimum atomic E-state index is 0.195. The summed E-state index contributed by atoms with van der Waals surface area (Å²) in [5, 5.41) is 7.94. The number of nitrogens with zero attached hydrogens (tertiary/aromatic N) is 5. The van der Waals surface area contributed by atoms with Crippen LogP contribution in [0, 0.1) is 20.8 Å². The van der Waals surface area contributed by atoms with Gasteiger partial charge in [0.05, 0.1) is 24.1 Å². The Bertz CT molecular complexity index is 909. The van der Waals surface area contributed by atoms with E-state index in [-0.39, 0.29) is 6.04 Å². The van der Waals surface area contributed by atoms with Gasteiger partial charge in [-0.3, -0.25) is 9.88 Å². The van der Waals surface area contributed by atoms with Crippen LogP contribution >= 0.6 is 0 Å². The van der Waals surface area contributed by atoms with E-state index in [1.54, 1.807) is 12.4 Å². The molecule has 1 unspecified atom stereocenters. The molecule has 4 rings (SSSR count). The van der Waals surface area contributed by atoms with Crippen molar-refractivity contribution in [2.24, 2.45) is 0 Å². The molecule has 0 amide bonds. The van der Waals surface area contributed by atoms with Crippen LogP contribution in [0.4, 0.5) is 5.82 Å². The smallest absolute Gasteiger partial charge is 0.174 e. The molecule has 7 nitrogen and oxygen atoms in total. The third kappa shape index (κ3) is 3.88. The molecule has 7 heteroatoms. The van der Waals surface area contributed by atoms with E-state index < -0.39 is 0 Å². The van der Waals surface area contributed by atoms with Gasteiger partial charge in [0.25, 0.3) is 0 Å². The zero-order valence-corrected chi connectivity index (χ0v) is 16.1. The first-order valence-corrected chi connectivity index (χ1v) is 9.50. The van der Waals surface area contributed by atoms with Gasteiger partial charge in [-0.2, -0.15) is 5.10 Å². The van der Waals surface area contributed by atoms with Crippen molar-refractivity contribution < 1.29 is 4.42 Å². The van der Waals surface area contributed by atoms with E-state index >= 15 is 0 Å². The Hall–Kier alpha value is -2.67. The second-order valence-electron chi connectivity index (χ2n) is 7.19. The molecule has 0 saturated carbocycles. The number of nitrogens with one attached hydrogen (secondary N) is 1. The first kappa shape index (κ1) is 17.7. The maximum atomic E-state index is 5.93. The molecule has 1 N–H and O–H groups in total. The maximum absolute atomic E-state index is 5.93. The van der Waals surface area contributed by atoms with Crippen molar-refractivity contribution in [3.63, 3.8) is 0 Å². The van der Waals surface area contributed by atoms with E-state index in [1.165, 1.54) is 12.8 Å². The minimum Gasteiger partial charge on any atom is -0.465 e. The number of aromatic nitrogens is 4. The Labute approximate surface area is 159 Å². The lowest BCUT2D eigenvalue weighted by molar-refractivity contribution is 0.223. The summed E-state index contributed by atoms with van der Waals surface area (Å²) in [7, 11) is 0. The summed E-state index contributed by atoms with van der Waals surface area (Å²) in [5.41, 5.74) is 2.01. The van der Waals surface area contributed by atoms with Crippen LogP contribution < -0.4 is 5.32 Å². The standard InChI is InChI=1S/C20H26N6O/c1-14-10-15(2)26(24-14)20-13-21-12-19(23-20)22-11-17(25-8-4-5-9-25)18-7-6-16(3)27-18/h6-7,10,12-13,17H,4-5,8-9,11H2,1-3H3,(H,22,23). The molecule has 1 saturated heterocycles. The van der Waals surface area contributed by atoms with Gasteiger partial charge in [0, 0.05) is 12.2 Å². The van der Waals surface area contributed by atoms with Crippen molar-refractivity contribution in [3.8, 4) is 5.82 Å². The number of likely N-dealkylation sites (tertiary alicyclic amines) is 1. The first-order chi connectivity index (χ1) is 13.1. The van der Waals surface area contributed by atoms with E-state index in [1.807, 2.05) is 37.6 Å². The molecular weight excluding hydrogens is 340 g/mol. The van der Waals surface area contributed by atoms with Crippen LogP contribution in [-0.2, 0) is 0 Å². The predicted molar refractivity (Wildman–Crippen MR) is 104 cm³/mol. The predicted octanol–water partition coefficient (Wildman–Crippen LogP) is 3.43. The van der Waals surface area contributed by atoms with Crippen molar-refractivity contribution in [1.29, 1.82) is 0 Å². The largest absolute Gasteiger partial charge is 0.465 e. The second-order valence-corrected chi connectivity index (χ2v) is 7.19. The number of aryl methyl sites for hydroxylation is 3. The molecule has 0 spiro atoms. The molecule has 0 bridgehead atoms. The van der Waals surface area contributed by atoms with E-state index in [0.717, 1.165) is 54.2 Å². The van der Waals surface area contributed by atoms with Crippen LogP contribution in [0.5, 0.6) is 0 Å². The van der Waals surface area contributed by atoms with Gasteiger partial charge < -0.3 is 9.73 Å². The lowest BCUT2D eigenvalue weighted by atomic mass is 10.2. The van der Waals surface area contributed by atoms with Gasteiger partial charge in [-0.25, -0.2) is 9.67 Å². The van der Waals surface area contributed by atoms with Crippen molar-refractivity contribution in [2.75, 3.05) is 25.0 Å². The molecule has 142 valence electrons. The van der Waals surface area contributed by atoms with Crippen molar-refractivity contribution >= 4 is 5.82 Å². The number of hydrogen-bond donors (Lipinski definition) is 1. The topological polar surface area (TPSA) is 72.0 Å². The zero-order valence-electron chi connectivity index (χ0n) is 16.1.